The Bertz CT molecular complexity index is 674. The Kier molecular flexibility index (Phi) is 3.52. The van der Waals surface area contributed by atoms with E-state index in [1.165, 1.54) is 0 Å². The van der Waals surface area contributed by atoms with Gasteiger partial charge in [0.1, 0.15) is 11.4 Å². The van der Waals surface area contributed by atoms with Gasteiger partial charge in [-0.2, -0.15) is 0 Å². The Labute approximate surface area is 131 Å². The van der Waals surface area contributed by atoms with Crippen molar-refractivity contribution in [1.82, 2.24) is 0 Å². The van der Waals surface area contributed by atoms with Gasteiger partial charge in [-0.3, -0.25) is 4.79 Å². The van der Waals surface area contributed by atoms with Gasteiger partial charge >= 0.3 is 0 Å². The highest BCUT2D eigenvalue weighted by Gasteiger charge is 2.33. The van der Waals surface area contributed by atoms with Crippen molar-refractivity contribution in [3.8, 4) is 5.75 Å². The molecule has 2 aliphatic rings. The second-order valence-electron chi connectivity index (χ2n) is 6.66. The van der Waals surface area contributed by atoms with Gasteiger partial charge in [-0.05, 0) is 63.3 Å². The van der Waals surface area contributed by atoms with Gasteiger partial charge in [-0.1, -0.05) is 6.08 Å². The molecule has 1 aromatic carbocycles. The van der Waals surface area contributed by atoms with Crippen molar-refractivity contribution in [2.75, 3.05) is 11.9 Å². The summed E-state index contributed by atoms with van der Waals surface area (Å²) < 4.78 is 6.03. The molecule has 1 aliphatic heterocycles. The number of carbonyl (C=O) groups is 1. The molecule has 1 unspecified atom stereocenters. The van der Waals surface area contributed by atoms with Crippen LogP contribution in [0.5, 0.6) is 5.75 Å². The molecule has 4 heteroatoms. The van der Waals surface area contributed by atoms with Crippen LogP contribution >= 0.6 is 0 Å². The molecule has 1 heterocycles. The molecule has 22 heavy (non-hydrogen) atoms. The van der Waals surface area contributed by atoms with Crippen LogP contribution < -0.4 is 10.1 Å². The number of carbonyl (C=O) groups excluding carboxylic acids is 1. The molecule has 0 spiro atoms. The molecular formula is C18H23NO3. The molecule has 1 aromatic rings. The van der Waals surface area contributed by atoms with Crippen molar-refractivity contribution in [3.05, 3.63) is 28.3 Å². The monoisotopic (exact) mass is 301 g/mol. The second-order valence-corrected chi connectivity index (χ2v) is 6.66. The average molecular weight is 301 g/mol. The number of aliphatic hydroxyl groups excluding tert-OH is 1. The number of rotatable bonds is 3. The normalized spacial score (nSPS) is 23.0. The van der Waals surface area contributed by atoms with Crippen LogP contribution in [0.15, 0.2) is 6.08 Å². The lowest BCUT2D eigenvalue weighted by atomic mass is 9.91. The van der Waals surface area contributed by atoms with Gasteiger partial charge in [0, 0.05) is 17.2 Å². The van der Waals surface area contributed by atoms with Crippen LogP contribution in [-0.4, -0.2) is 23.2 Å². The van der Waals surface area contributed by atoms with Gasteiger partial charge in [0.05, 0.1) is 6.61 Å². The van der Waals surface area contributed by atoms with E-state index in [2.05, 4.69) is 5.32 Å². The van der Waals surface area contributed by atoms with Crippen LogP contribution in [0, 0.1) is 26.7 Å². The molecule has 4 nitrogen and oxygen atoms in total. The highest BCUT2D eigenvalue weighted by atomic mass is 16.5. The summed E-state index contributed by atoms with van der Waals surface area (Å²) in [5.41, 5.74) is 4.25. The molecule has 118 valence electrons. The number of nitrogens with one attached hydrogen (secondary N) is 1. The van der Waals surface area contributed by atoms with E-state index in [9.17, 15) is 9.90 Å². The SMILES string of the molecule is Cc1c(C)c2c(c(C)c1NC(=O)C1CC1)C=CC(C)(CO)O2. The second kappa shape index (κ2) is 5.13. The summed E-state index contributed by atoms with van der Waals surface area (Å²) in [6, 6.07) is 0. The highest BCUT2D eigenvalue weighted by molar-refractivity contribution is 5.96. The quantitative estimate of drug-likeness (QED) is 0.902. The van der Waals surface area contributed by atoms with Gasteiger partial charge in [-0.25, -0.2) is 0 Å². The summed E-state index contributed by atoms with van der Waals surface area (Å²) >= 11 is 0. The van der Waals surface area contributed by atoms with E-state index in [4.69, 9.17) is 4.74 Å². The van der Waals surface area contributed by atoms with Crippen molar-refractivity contribution in [1.29, 1.82) is 0 Å². The Morgan fingerprint density at radius 1 is 1.32 bits per heavy atom. The first kappa shape index (κ1) is 15.1. The number of anilines is 1. The van der Waals surface area contributed by atoms with Crippen LogP contribution in [0.1, 0.15) is 42.0 Å². The van der Waals surface area contributed by atoms with Gasteiger partial charge < -0.3 is 15.2 Å². The van der Waals surface area contributed by atoms with E-state index in [-0.39, 0.29) is 18.4 Å². The molecule has 3 rings (SSSR count). The Hall–Kier alpha value is -1.81. The fourth-order valence-corrected chi connectivity index (χ4v) is 2.85. The van der Waals surface area contributed by atoms with E-state index >= 15 is 0 Å². The zero-order valence-corrected chi connectivity index (χ0v) is 13.6. The molecule has 0 aromatic heterocycles. The topological polar surface area (TPSA) is 58.6 Å². The smallest absolute Gasteiger partial charge is 0.227 e. The van der Waals surface area contributed by atoms with Crippen molar-refractivity contribution in [2.45, 2.75) is 46.1 Å². The largest absolute Gasteiger partial charge is 0.480 e. The van der Waals surface area contributed by atoms with E-state index < -0.39 is 5.60 Å². The first-order valence-electron chi connectivity index (χ1n) is 7.80. The zero-order valence-electron chi connectivity index (χ0n) is 13.6. The van der Waals surface area contributed by atoms with Crippen LogP contribution in [0.4, 0.5) is 5.69 Å². The maximum Gasteiger partial charge on any atom is 0.227 e. The zero-order chi connectivity index (χ0) is 16.1. The molecule has 1 amide bonds. The van der Waals surface area contributed by atoms with E-state index in [1.807, 2.05) is 39.8 Å². The predicted octanol–water partition coefficient (Wildman–Crippen LogP) is 3.12. The first-order chi connectivity index (χ1) is 10.4. The summed E-state index contributed by atoms with van der Waals surface area (Å²) in [7, 11) is 0. The summed E-state index contributed by atoms with van der Waals surface area (Å²) in [5.74, 6) is 1.10. The number of ether oxygens (including phenoxy) is 1. The van der Waals surface area contributed by atoms with Crippen molar-refractivity contribution < 1.29 is 14.6 Å². The van der Waals surface area contributed by atoms with E-state index in [0.29, 0.717) is 0 Å². The van der Waals surface area contributed by atoms with Gasteiger partial charge in [0.15, 0.2) is 0 Å². The average Bonchev–Trinajstić information content (AvgIpc) is 3.34. The Balaban J connectivity index is 2.05. The van der Waals surface area contributed by atoms with Crippen LogP contribution in [0.25, 0.3) is 6.08 Å². The molecule has 1 saturated carbocycles. The molecule has 0 radical (unpaired) electrons. The minimum Gasteiger partial charge on any atom is -0.480 e. The fourth-order valence-electron chi connectivity index (χ4n) is 2.85. The number of amides is 1. The fraction of sp³-hybridized carbons (Fsp3) is 0.500. The molecular weight excluding hydrogens is 278 g/mol. The standard InChI is InChI=1S/C18H23NO3/c1-10-11(2)16-14(7-8-18(4,9-20)22-16)12(3)15(10)19-17(21)13-5-6-13/h7-8,13,20H,5-6,9H2,1-4H3,(H,19,21). The van der Waals surface area contributed by atoms with Crippen molar-refractivity contribution >= 4 is 17.7 Å². The summed E-state index contributed by atoms with van der Waals surface area (Å²) in [4.78, 5) is 12.1. The maximum atomic E-state index is 12.1. The Morgan fingerprint density at radius 3 is 2.59 bits per heavy atom. The first-order valence-corrected chi connectivity index (χ1v) is 7.80. The summed E-state index contributed by atoms with van der Waals surface area (Å²) in [5, 5.41) is 12.6. The molecule has 0 bridgehead atoms. The van der Waals surface area contributed by atoms with Gasteiger partial charge in [-0.15, -0.1) is 0 Å². The third kappa shape index (κ3) is 2.41. The highest BCUT2D eigenvalue weighted by Crippen LogP contribution is 2.42. The summed E-state index contributed by atoms with van der Waals surface area (Å²) in [6.45, 7) is 7.80. The number of aliphatic hydroxyl groups is 1. The third-order valence-corrected chi connectivity index (χ3v) is 4.75. The molecule has 1 atom stereocenters. The molecule has 1 aliphatic carbocycles. The predicted molar refractivity (Wildman–Crippen MR) is 87.2 cm³/mol. The lowest BCUT2D eigenvalue weighted by Gasteiger charge is -2.33. The van der Waals surface area contributed by atoms with Crippen molar-refractivity contribution in [3.63, 3.8) is 0 Å². The van der Waals surface area contributed by atoms with E-state index in [0.717, 1.165) is 46.5 Å². The Morgan fingerprint density at radius 2 is 2.00 bits per heavy atom. The van der Waals surface area contributed by atoms with Crippen LogP contribution in [0.2, 0.25) is 0 Å². The molecule has 1 fully saturated rings. The van der Waals surface area contributed by atoms with Crippen LogP contribution in [-0.2, 0) is 4.79 Å². The number of hydrogen-bond acceptors (Lipinski definition) is 3. The lowest BCUT2D eigenvalue weighted by molar-refractivity contribution is -0.117. The summed E-state index contributed by atoms with van der Waals surface area (Å²) in [6.07, 6.45) is 5.85. The van der Waals surface area contributed by atoms with E-state index in [1.54, 1.807) is 0 Å². The molecule has 0 saturated heterocycles. The molecule has 2 N–H and O–H groups in total. The number of fused-ring (bicyclic) bond motifs is 1. The minimum atomic E-state index is -0.685. The lowest BCUT2D eigenvalue weighted by Crippen LogP contribution is -2.36. The van der Waals surface area contributed by atoms with Gasteiger partial charge in [0.2, 0.25) is 5.91 Å². The minimum absolute atomic E-state index is 0.0688. The third-order valence-electron chi connectivity index (χ3n) is 4.75. The number of benzene rings is 1. The number of hydrogen-bond donors (Lipinski definition) is 2. The van der Waals surface area contributed by atoms with Crippen LogP contribution in [0.3, 0.4) is 0 Å². The van der Waals surface area contributed by atoms with Gasteiger partial charge in [0.25, 0.3) is 0 Å². The maximum absolute atomic E-state index is 12.1. The van der Waals surface area contributed by atoms with Crippen molar-refractivity contribution in [2.24, 2.45) is 5.92 Å².